The zero-order valence-corrected chi connectivity index (χ0v) is 15.0. The maximum Gasteiger partial charge on any atom is 0.226 e. The third-order valence-corrected chi connectivity index (χ3v) is 5.05. The number of nitrogens with zero attached hydrogens (tertiary/aromatic N) is 5. The molecule has 0 aliphatic carbocycles. The van der Waals surface area contributed by atoms with Crippen LogP contribution in [0.3, 0.4) is 0 Å². The fourth-order valence-electron chi connectivity index (χ4n) is 3.50. The molecule has 4 rings (SSSR count). The molecule has 136 valence electrons. The highest BCUT2D eigenvalue weighted by atomic mass is 16.1. The van der Waals surface area contributed by atoms with Gasteiger partial charge in [-0.1, -0.05) is 12.1 Å². The summed E-state index contributed by atoms with van der Waals surface area (Å²) in [6, 6.07) is 8.37. The Bertz CT molecular complexity index is 890. The average Bonchev–Trinajstić information content (AvgIpc) is 3.28. The number of fused-ring (bicyclic) bond motifs is 1. The van der Waals surface area contributed by atoms with Crippen LogP contribution in [0.25, 0.3) is 11.0 Å². The summed E-state index contributed by atoms with van der Waals surface area (Å²) in [4.78, 5) is 19.0. The molecule has 1 fully saturated rings. The summed E-state index contributed by atoms with van der Waals surface area (Å²) >= 11 is 0. The van der Waals surface area contributed by atoms with Crippen LogP contribution in [0.5, 0.6) is 0 Å². The predicted octanol–water partition coefficient (Wildman–Crippen LogP) is 2.53. The van der Waals surface area contributed by atoms with Gasteiger partial charge in [-0.2, -0.15) is 5.10 Å². The molecule has 0 atom stereocenters. The van der Waals surface area contributed by atoms with Crippen LogP contribution in [0.2, 0.25) is 0 Å². The number of para-hydroxylation sites is 2. The normalized spacial score (nSPS) is 16.2. The fourth-order valence-corrected chi connectivity index (χ4v) is 3.50. The van der Waals surface area contributed by atoms with Gasteiger partial charge in [0.15, 0.2) is 0 Å². The van der Waals surface area contributed by atoms with Gasteiger partial charge in [-0.3, -0.25) is 9.48 Å². The number of likely N-dealkylation sites (tertiary alicyclic amines) is 1. The van der Waals surface area contributed by atoms with Gasteiger partial charge in [0.05, 0.1) is 35.3 Å². The van der Waals surface area contributed by atoms with Gasteiger partial charge < -0.3 is 14.8 Å². The van der Waals surface area contributed by atoms with E-state index in [1.54, 1.807) is 12.5 Å². The number of benzene rings is 1. The van der Waals surface area contributed by atoms with E-state index in [2.05, 4.69) is 27.3 Å². The van der Waals surface area contributed by atoms with Crippen molar-refractivity contribution >= 4 is 22.6 Å². The van der Waals surface area contributed by atoms with Gasteiger partial charge >= 0.3 is 0 Å². The number of carbonyl (C=O) groups excluding carboxylic acids is 1. The zero-order chi connectivity index (χ0) is 17.9. The third-order valence-electron chi connectivity index (χ3n) is 5.05. The first-order chi connectivity index (χ1) is 12.7. The number of aromatic nitrogens is 4. The summed E-state index contributed by atoms with van der Waals surface area (Å²) in [5.41, 5.74) is 2.77. The molecule has 0 bridgehead atoms. The number of hydrogen-bond donors (Lipinski definition) is 1. The van der Waals surface area contributed by atoms with Gasteiger partial charge in [-0.25, -0.2) is 4.98 Å². The number of rotatable bonds is 5. The molecule has 1 N–H and O–H groups in total. The molecule has 1 amide bonds. The Morgan fingerprint density at radius 3 is 2.92 bits per heavy atom. The van der Waals surface area contributed by atoms with Gasteiger partial charge in [-0.15, -0.1) is 0 Å². The smallest absolute Gasteiger partial charge is 0.226 e. The Morgan fingerprint density at radius 1 is 1.27 bits per heavy atom. The van der Waals surface area contributed by atoms with Gasteiger partial charge in [0.1, 0.15) is 0 Å². The Morgan fingerprint density at radius 2 is 2.08 bits per heavy atom. The average molecular weight is 352 g/mol. The lowest BCUT2D eigenvalue weighted by molar-refractivity contribution is -0.116. The van der Waals surface area contributed by atoms with Crippen molar-refractivity contribution in [1.29, 1.82) is 0 Å². The van der Waals surface area contributed by atoms with E-state index < -0.39 is 0 Å². The minimum absolute atomic E-state index is 0.00860. The molecule has 0 spiro atoms. The summed E-state index contributed by atoms with van der Waals surface area (Å²) in [7, 11) is 2.15. The van der Waals surface area contributed by atoms with Gasteiger partial charge in [0.25, 0.3) is 0 Å². The van der Waals surface area contributed by atoms with Crippen molar-refractivity contribution in [2.45, 2.75) is 31.8 Å². The molecular weight excluding hydrogens is 328 g/mol. The molecule has 1 aliphatic rings. The number of anilines is 1. The standard InChI is InChI=1S/C19H24N6O/c1-23-9-6-16(7-10-23)25-13-15(12-21-25)22-19(26)8-11-24-14-20-17-4-2-3-5-18(17)24/h2-5,12-14,16H,6-11H2,1H3,(H,22,26). The lowest BCUT2D eigenvalue weighted by atomic mass is 10.1. The highest BCUT2D eigenvalue weighted by Gasteiger charge is 2.19. The topological polar surface area (TPSA) is 68.0 Å². The number of hydrogen-bond acceptors (Lipinski definition) is 4. The van der Waals surface area contributed by atoms with Crippen LogP contribution in [0.4, 0.5) is 5.69 Å². The zero-order valence-electron chi connectivity index (χ0n) is 15.0. The Labute approximate surface area is 152 Å². The fraction of sp³-hybridized carbons (Fsp3) is 0.421. The lowest BCUT2D eigenvalue weighted by Crippen LogP contribution is -2.31. The number of piperidine rings is 1. The molecule has 2 aromatic heterocycles. The highest BCUT2D eigenvalue weighted by molar-refractivity contribution is 5.90. The summed E-state index contributed by atoms with van der Waals surface area (Å²) < 4.78 is 4.00. The lowest BCUT2D eigenvalue weighted by Gasteiger charge is -2.28. The maximum absolute atomic E-state index is 12.3. The molecule has 3 heterocycles. The van der Waals surface area contributed by atoms with Crippen molar-refractivity contribution in [2.75, 3.05) is 25.5 Å². The van der Waals surface area contributed by atoms with E-state index >= 15 is 0 Å². The molecule has 0 radical (unpaired) electrons. The van der Waals surface area contributed by atoms with Crippen LogP contribution in [-0.4, -0.2) is 50.3 Å². The monoisotopic (exact) mass is 352 g/mol. The first kappa shape index (κ1) is 16.8. The summed E-state index contributed by atoms with van der Waals surface area (Å²) in [6.45, 7) is 2.78. The number of aryl methyl sites for hydroxylation is 1. The van der Waals surface area contributed by atoms with E-state index in [1.807, 2.05) is 39.7 Å². The van der Waals surface area contributed by atoms with E-state index in [4.69, 9.17) is 0 Å². The van der Waals surface area contributed by atoms with Gasteiger partial charge in [-0.05, 0) is 45.1 Å². The summed E-state index contributed by atoms with van der Waals surface area (Å²) in [5.74, 6) is -0.00860. The van der Waals surface area contributed by atoms with Crippen LogP contribution in [-0.2, 0) is 11.3 Å². The van der Waals surface area contributed by atoms with Crippen molar-refractivity contribution in [1.82, 2.24) is 24.2 Å². The second-order valence-electron chi connectivity index (χ2n) is 6.97. The van der Waals surface area contributed by atoms with Crippen LogP contribution < -0.4 is 5.32 Å². The minimum atomic E-state index is -0.00860. The third kappa shape index (κ3) is 3.62. The summed E-state index contributed by atoms with van der Waals surface area (Å²) in [5, 5.41) is 7.39. The first-order valence-electron chi connectivity index (χ1n) is 9.11. The number of imidazole rings is 1. The first-order valence-corrected chi connectivity index (χ1v) is 9.11. The minimum Gasteiger partial charge on any atom is -0.330 e. The van der Waals surface area contributed by atoms with Crippen LogP contribution in [0.15, 0.2) is 43.0 Å². The molecule has 1 aromatic carbocycles. The number of amides is 1. The molecule has 7 nitrogen and oxygen atoms in total. The van der Waals surface area contributed by atoms with Crippen molar-refractivity contribution in [3.05, 3.63) is 43.0 Å². The molecule has 0 saturated carbocycles. The highest BCUT2D eigenvalue weighted by Crippen LogP contribution is 2.22. The Balaban J connectivity index is 1.32. The molecule has 26 heavy (non-hydrogen) atoms. The number of nitrogens with one attached hydrogen (secondary N) is 1. The van der Waals surface area contributed by atoms with Crippen molar-refractivity contribution in [3.63, 3.8) is 0 Å². The molecule has 1 saturated heterocycles. The quantitative estimate of drug-likeness (QED) is 0.766. The second-order valence-corrected chi connectivity index (χ2v) is 6.97. The molecule has 0 unspecified atom stereocenters. The largest absolute Gasteiger partial charge is 0.330 e. The maximum atomic E-state index is 12.3. The van der Waals surface area contributed by atoms with Gasteiger partial charge in [0, 0.05) is 19.2 Å². The molecule has 3 aromatic rings. The van der Waals surface area contributed by atoms with Gasteiger partial charge in [0.2, 0.25) is 5.91 Å². The van der Waals surface area contributed by atoms with E-state index in [0.29, 0.717) is 19.0 Å². The summed E-state index contributed by atoms with van der Waals surface area (Å²) in [6.07, 6.45) is 8.07. The van der Waals surface area contributed by atoms with E-state index in [0.717, 1.165) is 42.7 Å². The van der Waals surface area contributed by atoms with E-state index in [-0.39, 0.29) is 5.91 Å². The number of carbonyl (C=O) groups is 1. The van der Waals surface area contributed by atoms with Crippen molar-refractivity contribution in [2.24, 2.45) is 0 Å². The predicted molar refractivity (Wildman–Crippen MR) is 101 cm³/mol. The van der Waals surface area contributed by atoms with Crippen LogP contribution >= 0.6 is 0 Å². The van der Waals surface area contributed by atoms with E-state index in [9.17, 15) is 4.79 Å². The second kappa shape index (κ2) is 7.29. The molecule has 1 aliphatic heterocycles. The SMILES string of the molecule is CN1CCC(n2cc(NC(=O)CCn3cnc4ccccc43)cn2)CC1. The Kier molecular flexibility index (Phi) is 4.71. The van der Waals surface area contributed by atoms with Crippen LogP contribution in [0, 0.1) is 0 Å². The van der Waals surface area contributed by atoms with Crippen molar-refractivity contribution in [3.8, 4) is 0 Å². The Hall–Kier alpha value is -2.67. The van der Waals surface area contributed by atoms with E-state index in [1.165, 1.54) is 0 Å². The van der Waals surface area contributed by atoms with Crippen molar-refractivity contribution < 1.29 is 4.79 Å². The molecule has 7 heteroatoms. The molecular formula is C19H24N6O. The van der Waals surface area contributed by atoms with Crippen LogP contribution in [0.1, 0.15) is 25.3 Å².